The van der Waals surface area contributed by atoms with Gasteiger partial charge >= 0.3 is 0 Å². The van der Waals surface area contributed by atoms with Gasteiger partial charge < -0.3 is 10.6 Å². The summed E-state index contributed by atoms with van der Waals surface area (Å²) in [5.41, 5.74) is 5.37. The third-order valence-corrected chi connectivity index (χ3v) is 3.26. The van der Waals surface area contributed by atoms with Crippen LogP contribution in [0.3, 0.4) is 0 Å². The fourth-order valence-corrected chi connectivity index (χ4v) is 1.38. The van der Waals surface area contributed by atoms with Crippen molar-refractivity contribution < 1.29 is 4.79 Å². The second-order valence-electron chi connectivity index (χ2n) is 4.04. The van der Waals surface area contributed by atoms with Gasteiger partial charge in [0.1, 0.15) is 0 Å². The summed E-state index contributed by atoms with van der Waals surface area (Å²) in [4.78, 5) is 13.8. The molecule has 0 aromatic carbocycles. The fourth-order valence-electron chi connectivity index (χ4n) is 1.38. The third-order valence-electron chi connectivity index (χ3n) is 3.26. The Morgan fingerprint density at radius 2 is 1.79 bits per heavy atom. The molecule has 0 heterocycles. The van der Waals surface area contributed by atoms with E-state index in [4.69, 9.17) is 5.73 Å². The van der Waals surface area contributed by atoms with Crippen molar-refractivity contribution in [2.45, 2.75) is 58.5 Å². The van der Waals surface area contributed by atoms with Crippen LogP contribution in [0.5, 0.6) is 0 Å². The first kappa shape index (κ1) is 13.4. The van der Waals surface area contributed by atoms with E-state index in [2.05, 4.69) is 6.92 Å². The van der Waals surface area contributed by atoms with Crippen LogP contribution in [0, 0.1) is 0 Å². The summed E-state index contributed by atoms with van der Waals surface area (Å²) in [7, 11) is 1.84. The first-order valence-corrected chi connectivity index (χ1v) is 5.49. The highest BCUT2D eigenvalue weighted by molar-refractivity contribution is 5.86. The largest absolute Gasteiger partial charge is 0.341 e. The van der Waals surface area contributed by atoms with E-state index in [1.807, 2.05) is 27.8 Å². The van der Waals surface area contributed by atoms with Crippen molar-refractivity contribution in [3.8, 4) is 0 Å². The minimum absolute atomic E-state index is 0.0665. The van der Waals surface area contributed by atoms with Crippen LogP contribution in [-0.2, 0) is 4.79 Å². The summed E-state index contributed by atoms with van der Waals surface area (Å²) in [5, 5.41) is 0. The Kier molecular flexibility index (Phi) is 5.13. The van der Waals surface area contributed by atoms with Gasteiger partial charge in [-0.25, -0.2) is 0 Å². The molecule has 0 rings (SSSR count). The molecule has 0 aromatic heterocycles. The SMILES string of the molecule is CCC(C)N(C)C(=O)C(N)(CC)CC. The van der Waals surface area contributed by atoms with Crippen LogP contribution in [0.1, 0.15) is 47.0 Å². The Labute approximate surface area is 87.6 Å². The Hall–Kier alpha value is -0.570. The fraction of sp³-hybridized carbons (Fsp3) is 0.909. The minimum Gasteiger partial charge on any atom is -0.341 e. The van der Waals surface area contributed by atoms with Crippen LogP contribution in [0.25, 0.3) is 0 Å². The molecule has 3 heteroatoms. The Morgan fingerprint density at radius 3 is 2.07 bits per heavy atom. The first-order valence-electron chi connectivity index (χ1n) is 5.49. The number of likely N-dealkylation sites (N-methyl/N-ethyl adjacent to an activating group) is 1. The predicted molar refractivity (Wildman–Crippen MR) is 60.0 cm³/mol. The predicted octanol–water partition coefficient (Wildman–Crippen LogP) is 1.76. The number of hydrogen-bond acceptors (Lipinski definition) is 2. The quantitative estimate of drug-likeness (QED) is 0.735. The van der Waals surface area contributed by atoms with Crippen LogP contribution >= 0.6 is 0 Å². The van der Waals surface area contributed by atoms with Gasteiger partial charge in [0.15, 0.2) is 0 Å². The molecule has 0 aliphatic carbocycles. The molecule has 14 heavy (non-hydrogen) atoms. The average molecular weight is 200 g/mol. The van der Waals surface area contributed by atoms with Crippen molar-refractivity contribution >= 4 is 5.91 Å². The molecule has 0 radical (unpaired) electrons. The van der Waals surface area contributed by atoms with Crippen molar-refractivity contribution in [3.63, 3.8) is 0 Å². The molecule has 3 nitrogen and oxygen atoms in total. The van der Waals surface area contributed by atoms with Crippen molar-refractivity contribution in [1.82, 2.24) is 4.90 Å². The molecule has 1 atom stereocenters. The first-order chi connectivity index (χ1) is 6.42. The molecular weight excluding hydrogens is 176 g/mol. The van der Waals surface area contributed by atoms with E-state index in [-0.39, 0.29) is 11.9 Å². The van der Waals surface area contributed by atoms with Crippen molar-refractivity contribution in [2.24, 2.45) is 5.73 Å². The lowest BCUT2D eigenvalue weighted by molar-refractivity contribution is -0.137. The second-order valence-corrected chi connectivity index (χ2v) is 4.04. The molecule has 0 aliphatic heterocycles. The number of carbonyl (C=O) groups excluding carboxylic acids is 1. The van der Waals surface area contributed by atoms with Crippen molar-refractivity contribution in [2.75, 3.05) is 7.05 Å². The molecule has 0 fully saturated rings. The summed E-state index contributed by atoms with van der Waals surface area (Å²) in [6.45, 7) is 8.05. The second kappa shape index (κ2) is 5.35. The molecule has 0 aromatic rings. The molecule has 0 saturated carbocycles. The Morgan fingerprint density at radius 1 is 1.36 bits per heavy atom. The normalized spacial score (nSPS) is 13.9. The molecule has 84 valence electrons. The molecule has 1 amide bonds. The van der Waals surface area contributed by atoms with E-state index < -0.39 is 5.54 Å². The summed E-state index contributed by atoms with van der Waals surface area (Å²) >= 11 is 0. The standard InChI is InChI=1S/C11H24N2O/c1-6-9(4)13(5)10(14)11(12,7-2)8-3/h9H,6-8,12H2,1-5H3. The number of nitrogens with two attached hydrogens (primary N) is 1. The molecule has 0 bridgehead atoms. The van der Waals surface area contributed by atoms with Gasteiger partial charge in [-0.15, -0.1) is 0 Å². The number of hydrogen-bond donors (Lipinski definition) is 1. The highest BCUT2D eigenvalue weighted by Crippen LogP contribution is 2.16. The van der Waals surface area contributed by atoms with Gasteiger partial charge in [0.2, 0.25) is 5.91 Å². The molecule has 0 spiro atoms. The molecule has 1 unspecified atom stereocenters. The maximum atomic E-state index is 12.0. The van der Waals surface area contributed by atoms with E-state index in [0.29, 0.717) is 12.8 Å². The number of nitrogens with zero attached hydrogens (tertiary/aromatic N) is 1. The lowest BCUT2D eigenvalue weighted by Crippen LogP contribution is -2.55. The smallest absolute Gasteiger partial charge is 0.242 e. The van der Waals surface area contributed by atoms with Crippen LogP contribution < -0.4 is 5.73 Å². The summed E-state index contributed by atoms with van der Waals surface area (Å²) in [5.74, 6) is 0.0665. The van der Waals surface area contributed by atoms with E-state index in [1.165, 1.54) is 0 Å². The van der Waals surface area contributed by atoms with Crippen molar-refractivity contribution in [1.29, 1.82) is 0 Å². The Balaban J connectivity index is 4.59. The molecule has 2 N–H and O–H groups in total. The van der Waals surface area contributed by atoms with Gasteiger partial charge in [-0.1, -0.05) is 20.8 Å². The molecule has 0 saturated heterocycles. The summed E-state index contributed by atoms with van der Waals surface area (Å²) < 4.78 is 0. The maximum absolute atomic E-state index is 12.0. The van der Waals surface area contributed by atoms with Gasteiger partial charge in [-0.2, -0.15) is 0 Å². The lowest BCUT2D eigenvalue weighted by Gasteiger charge is -2.33. The minimum atomic E-state index is -0.668. The zero-order valence-electron chi connectivity index (χ0n) is 10.1. The monoisotopic (exact) mass is 200 g/mol. The topological polar surface area (TPSA) is 46.3 Å². The van der Waals surface area contributed by atoms with Crippen LogP contribution in [0.15, 0.2) is 0 Å². The van der Waals surface area contributed by atoms with Crippen LogP contribution in [0.2, 0.25) is 0 Å². The highest BCUT2D eigenvalue weighted by Gasteiger charge is 2.33. The summed E-state index contributed by atoms with van der Waals surface area (Å²) in [6, 6.07) is 0.267. The van der Waals surface area contributed by atoms with E-state index in [1.54, 1.807) is 4.90 Å². The molecular formula is C11H24N2O. The van der Waals surface area contributed by atoms with E-state index in [9.17, 15) is 4.79 Å². The van der Waals surface area contributed by atoms with Gasteiger partial charge in [0, 0.05) is 13.1 Å². The van der Waals surface area contributed by atoms with Crippen molar-refractivity contribution in [3.05, 3.63) is 0 Å². The van der Waals surface area contributed by atoms with Crippen LogP contribution in [0.4, 0.5) is 0 Å². The number of rotatable bonds is 5. The van der Waals surface area contributed by atoms with Gasteiger partial charge in [0.05, 0.1) is 5.54 Å². The number of carbonyl (C=O) groups is 1. The zero-order chi connectivity index (χ0) is 11.4. The lowest BCUT2D eigenvalue weighted by atomic mass is 9.92. The van der Waals surface area contributed by atoms with E-state index in [0.717, 1.165) is 6.42 Å². The van der Waals surface area contributed by atoms with Gasteiger partial charge in [0.25, 0.3) is 0 Å². The highest BCUT2D eigenvalue weighted by atomic mass is 16.2. The van der Waals surface area contributed by atoms with Gasteiger partial charge in [-0.3, -0.25) is 4.79 Å². The molecule has 0 aliphatic rings. The van der Waals surface area contributed by atoms with E-state index >= 15 is 0 Å². The van der Waals surface area contributed by atoms with Crippen LogP contribution in [-0.4, -0.2) is 29.4 Å². The number of amides is 1. The Bertz CT molecular complexity index is 188. The zero-order valence-corrected chi connectivity index (χ0v) is 10.1. The maximum Gasteiger partial charge on any atom is 0.242 e. The van der Waals surface area contributed by atoms with Gasteiger partial charge in [-0.05, 0) is 26.2 Å². The summed E-state index contributed by atoms with van der Waals surface area (Å²) in [6.07, 6.45) is 2.36. The third kappa shape index (κ3) is 2.71. The average Bonchev–Trinajstić information content (AvgIpc) is 2.24.